The first-order valence-corrected chi connectivity index (χ1v) is 6.05. The van der Waals surface area contributed by atoms with Crippen LogP contribution in [0.1, 0.15) is 12.5 Å². The fourth-order valence-electron chi connectivity index (χ4n) is 1.55. The highest BCUT2D eigenvalue weighted by Crippen LogP contribution is 2.17. The molecule has 0 aliphatic heterocycles. The number of aliphatic hydroxyl groups excluding tert-OH is 1. The van der Waals surface area contributed by atoms with E-state index in [1.165, 1.54) is 0 Å². The second kappa shape index (κ2) is 6.07. The maximum Gasteiger partial charge on any atom is 0.233 e. The molecular weight excluding hydrogens is 228 g/mol. The van der Waals surface area contributed by atoms with Crippen molar-refractivity contribution in [3.8, 4) is 0 Å². The molecule has 0 bridgehead atoms. The smallest absolute Gasteiger partial charge is 0.233 e. The van der Waals surface area contributed by atoms with Crippen molar-refractivity contribution in [2.45, 2.75) is 12.6 Å². The van der Waals surface area contributed by atoms with Crippen LogP contribution in [0.3, 0.4) is 0 Å². The van der Waals surface area contributed by atoms with Gasteiger partial charge in [-0.2, -0.15) is 4.72 Å². The van der Waals surface area contributed by atoms with Gasteiger partial charge in [-0.15, -0.1) is 0 Å². The van der Waals surface area contributed by atoms with Crippen molar-refractivity contribution in [1.82, 2.24) is 10.0 Å². The third-order valence-corrected chi connectivity index (χ3v) is 2.77. The van der Waals surface area contributed by atoms with Crippen molar-refractivity contribution < 1.29 is 13.9 Å². The van der Waals surface area contributed by atoms with Gasteiger partial charge in [0.25, 0.3) is 0 Å². The van der Waals surface area contributed by atoms with E-state index in [0.29, 0.717) is 12.1 Å². The summed E-state index contributed by atoms with van der Waals surface area (Å²) < 4.78 is 22.2. The summed E-state index contributed by atoms with van der Waals surface area (Å²) in [5, 5.41) is 12.4. The van der Waals surface area contributed by atoms with Crippen molar-refractivity contribution in [3.63, 3.8) is 0 Å². The molecule has 0 radical (unpaired) electrons. The Morgan fingerprint density at radius 3 is 2.44 bits per heavy atom. The van der Waals surface area contributed by atoms with Crippen molar-refractivity contribution >= 4 is 11.3 Å². The van der Waals surface area contributed by atoms with Crippen molar-refractivity contribution in [2.24, 2.45) is 0 Å². The Bertz CT molecular complexity index is 347. The lowest BCUT2D eigenvalue weighted by Gasteiger charge is -2.32. The second-order valence-electron chi connectivity index (χ2n) is 3.31. The molecule has 0 aliphatic rings. The SMILES string of the molecule is CCNC(CO)(NS(=O)O)c1ccccc1. The van der Waals surface area contributed by atoms with Crippen LogP contribution in [0.5, 0.6) is 0 Å². The lowest BCUT2D eigenvalue weighted by atomic mass is 10.0. The first-order valence-electron chi connectivity index (χ1n) is 4.94. The van der Waals surface area contributed by atoms with E-state index in [4.69, 9.17) is 4.55 Å². The Balaban J connectivity index is 3.06. The molecule has 0 saturated carbocycles. The molecule has 1 rings (SSSR count). The number of hydrogen-bond donors (Lipinski definition) is 4. The van der Waals surface area contributed by atoms with Crippen LogP contribution >= 0.6 is 0 Å². The van der Waals surface area contributed by atoms with Crippen LogP contribution in [0.4, 0.5) is 0 Å². The molecule has 4 N–H and O–H groups in total. The van der Waals surface area contributed by atoms with Crippen LogP contribution < -0.4 is 10.0 Å². The highest BCUT2D eigenvalue weighted by molar-refractivity contribution is 7.77. The average Bonchev–Trinajstić information content (AvgIpc) is 2.29. The van der Waals surface area contributed by atoms with Gasteiger partial charge in [-0.3, -0.25) is 9.87 Å². The number of hydrogen-bond acceptors (Lipinski definition) is 3. The molecule has 0 aliphatic carbocycles. The van der Waals surface area contributed by atoms with E-state index in [1.807, 2.05) is 13.0 Å². The standard InChI is InChI=1S/C10H16N2O3S/c1-2-11-10(8-13,12-16(14)15)9-6-4-3-5-7-9/h3-7,11-13H,2,8H2,1H3,(H,14,15). The summed E-state index contributed by atoms with van der Waals surface area (Å²) in [4.78, 5) is 0. The topological polar surface area (TPSA) is 81.6 Å². The van der Waals surface area contributed by atoms with Gasteiger partial charge in [0.05, 0.1) is 6.61 Å². The summed E-state index contributed by atoms with van der Waals surface area (Å²) in [5.74, 6) is 0. The van der Waals surface area contributed by atoms with E-state index >= 15 is 0 Å². The molecule has 6 heteroatoms. The molecular formula is C10H16N2O3S. The quantitative estimate of drug-likeness (QED) is 0.425. The fourth-order valence-corrected chi connectivity index (χ4v) is 2.10. The Labute approximate surface area is 97.3 Å². The lowest BCUT2D eigenvalue weighted by molar-refractivity contribution is 0.151. The van der Waals surface area contributed by atoms with Gasteiger partial charge in [-0.05, 0) is 12.1 Å². The van der Waals surface area contributed by atoms with Crippen molar-refractivity contribution in [1.29, 1.82) is 0 Å². The van der Waals surface area contributed by atoms with E-state index in [9.17, 15) is 9.32 Å². The monoisotopic (exact) mass is 244 g/mol. The molecule has 16 heavy (non-hydrogen) atoms. The molecule has 0 heterocycles. The summed E-state index contributed by atoms with van der Waals surface area (Å²) in [6, 6.07) is 9.00. The third-order valence-electron chi connectivity index (χ3n) is 2.24. The van der Waals surface area contributed by atoms with E-state index in [2.05, 4.69) is 10.0 Å². The van der Waals surface area contributed by atoms with Gasteiger partial charge < -0.3 is 5.11 Å². The van der Waals surface area contributed by atoms with Crippen LogP contribution in [-0.4, -0.2) is 27.0 Å². The molecule has 2 atom stereocenters. The number of nitrogens with one attached hydrogen (secondary N) is 2. The largest absolute Gasteiger partial charge is 0.393 e. The van der Waals surface area contributed by atoms with Gasteiger partial charge in [-0.25, -0.2) is 4.21 Å². The van der Waals surface area contributed by atoms with Gasteiger partial charge in [0.2, 0.25) is 11.3 Å². The summed E-state index contributed by atoms with van der Waals surface area (Å²) in [6.07, 6.45) is 0. The van der Waals surface area contributed by atoms with Crippen molar-refractivity contribution in [3.05, 3.63) is 35.9 Å². The minimum absolute atomic E-state index is 0.322. The summed E-state index contributed by atoms with van der Waals surface area (Å²) in [6.45, 7) is 2.09. The molecule has 1 aromatic rings. The summed E-state index contributed by atoms with van der Waals surface area (Å²) in [5.41, 5.74) is -0.378. The second-order valence-corrected chi connectivity index (χ2v) is 4.01. The molecule has 5 nitrogen and oxygen atoms in total. The van der Waals surface area contributed by atoms with Gasteiger partial charge in [0.1, 0.15) is 5.66 Å². The molecule has 0 amide bonds. The first kappa shape index (κ1) is 13.3. The zero-order chi connectivity index (χ0) is 12.0. The Morgan fingerprint density at radius 1 is 1.38 bits per heavy atom. The molecule has 2 unspecified atom stereocenters. The maximum atomic E-state index is 10.9. The van der Waals surface area contributed by atoms with Crippen LogP contribution in [0.2, 0.25) is 0 Å². The fraction of sp³-hybridized carbons (Fsp3) is 0.400. The number of benzene rings is 1. The van der Waals surface area contributed by atoms with Gasteiger partial charge in [0, 0.05) is 0 Å². The zero-order valence-corrected chi connectivity index (χ0v) is 9.83. The molecule has 0 fully saturated rings. The Kier molecular flexibility index (Phi) is 5.04. The van der Waals surface area contributed by atoms with E-state index in [1.54, 1.807) is 24.3 Å². The molecule has 0 aromatic heterocycles. The average molecular weight is 244 g/mol. The lowest BCUT2D eigenvalue weighted by Crippen LogP contribution is -2.57. The van der Waals surface area contributed by atoms with Crippen LogP contribution in [0, 0.1) is 0 Å². The van der Waals surface area contributed by atoms with Gasteiger partial charge in [0.15, 0.2) is 0 Å². The molecule has 90 valence electrons. The highest BCUT2D eigenvalue weighted by atomic mass is 32.2. The van der Waals surface area contributed by atoms with Gasteiger partial charge in [-0.1, -0.05) is 37.3 Å². The predicted octanol–water partition coefficient (Wildman–Crippen LogP) is 0.168. The van der Waals surface area contributed by atoms with Crippen LogP contribution in [0.15, 0.2) is 30.3 Å². The molecule has 0 saturated heterocycles. The van der Waals surface area contributed by atoms with E-state index in [-0.39, 0.29) is 6.61 Å². The van der Waals surface area contributed by atoms with Crippen LogP contribution in [-0.2, 0) is 16.9 Å². The van der Waals surface area contributed by atoms with E-state index in [0.717, 1.165) is 0 Å². The minimum Gasteiger partial charge on any atom is -0.393 e. The Hall–Kier alpha value is -0.790. The molecule has 1 aromatic carbocycles. The normalized spacial score (nSPS) is 16.7. The summed E-state index contributed by atoms with van der Waals surface area (Å²) >= 11 is -2.21. The number of rotatable bonds is 6. The number of aliphatic hydroxyl groups is 1. The van der Waals surface area contributed by atoms with Gasteiger partial charge >= 0.3 is 0 Å². The van der Waals surface area contributed by atoms with Crippen molar-refractivity contribution in [2.75, 3.05) is 13.2 Å². The molecule has 0 spiro atoms. The Morgan fingerprint density at radius 2 is 2.00 bits per heavy atom. The number of likely N-dealkylation sites (N-methyl/N-ethyl adjacent to an activating group) is 1. The predicted molar refractivity (Wildman–Crippen MR) is 62.8 cm³/mol. The third kappa shape index (κ3) is 3.10. The minimum atomic E-state index is -2.21. The highest BCUT2D eigenvalue weighted by Gasteiger charge is 2.31. The van der Waals surface area contributed by atoms with Crippen LogP contribution in [0.25, 0.3) is 0 Å². The zero-order valence-electron chi connectivity index (χ0n) is 9.01. The first-order chi connectivity index (χ1) is 7.64. The summed E-state index contributed by atoms with van der Waals surface area (Å²) in [7, 11) is 0. The maximum absolute atomic E-state index is 10.9. The van der Waals surface area contributed by atoms with E-state index < -0.39 is 16.9 Å².